The van der Waals surface area contributed by atoms with Crippen molar-refractivity contribution in [2.45, 2.75) is 11.2 Å². The predicted octanol–water partition coefficient (Wildman–Crippen LogP) is 3.37. The first-order chi connectivity index (χ1) is 13.5. The molecule has 154 valence electrons. The average molecular weight is 499 g/mol. The van der Waals surface area contributed by atoms with Gasteiger partial charge in [0, 0.05) is 11.6 Å². The molecule has 0 fully saturated rings. The summed E-state index contributed by atoms with van der Waals surface area (Å²) < 4.78 is 37.4. The molecule has 0 amide bonds. The maximum absolute atomic E-state index is 11.3. The fraction of sp³-hybridized carbons (Fsp3) is 0.0667. The van der Waals surface area contributed by atoms with Gasteiger partial charge in [-0.3, -0.25) is 4.55 Å². The van der Waals surface area contributed by atoms with Gasteiger partial charge < -0.3 is 10.5 Å². The number of benzene rings is 2. The summed E-state index contributed by atoms with van der Waals surface area (Å²) in [5.41, 5.74) is 5.79. The van der Waals surface area contributed by atoms with Crippen LogP contribution in [0.15, 0.2) is 45.2 Å². The lowest BCUT2D eigenvalue weighted by Gasteiger charge is -2.28. The van der Waals surface area contributed by atoms with Gasteiger partial charge in [-0.1, -0.05) is 34.8 Å². The monoisotopic (exact) mass is 497 g/mol. The molecule has 9 nitrogen and oxygen atoms in total. The summed E-state index contributed by atoms with van der Waals surface area (Å²) in [6.45, 7) is 0. The molecule has 0 spiro atoms. The highest BCUT2D eigenvalue weighted by Crippen LogP contribution is 2.35. The Morgan fingerprint density at radius 3 is 2.34 bits per heavy atom. The number of hydrogen-bond donors (Lipinski definition) is 3. The fourth-order valence-corrected chi connectivity index (χ4v) is 3.63. The van der Waals surface area contributed by atoms with E-state index < -0.39 is 21.4 Å². The van der Waals surface area contributed by atoms with Gasteiger partial charge in [-0.25, -0.2) is 15.8 Å². The van der Waals surface area contributed by atoms with Crippen LogP contribution in [0.5, 0.6) is 5.75 Å². The minimum Gasteiger partial charge on any atom is -0.447 e. The standard InChI is InChI=1S/C15H11Cl4N5O4S/c16-7-4-9(18)11(5-8(7)17)28-15-23-13(22-14(19)24(15)21)6-1-2-12(10(20)3-6)29(25,26)27/h1-5,15H,20-21H2,(H,25,26,27). The molecule has 3 rings (SSSR count). The molecule has 14 heteroatoms. The Balaban J connectivity index is 1.98. The first-order valence-electron chi connectivity index (χ1n) is 7.52. The third-order valence-electron chi connectivity index (χ3n) is 3.63. The zero-order valence-corrected chi connectivity index (χ0v) is 17.9. The van der Waals surface area contributed by atoms with Crippen LogP contribution in [-0.4, -0.2) is 35.5 Å². The number of halogens is 4. The molecular weight excluding hydrogens is 488 g/mol. The molecule has 0 bridgehead atoms. The number of ether oxygens (including phenoxy) is 1. The summed E-state index contributed by atoms with van der Waals surface area (Å²) in [5, 5.41) is 1.34. The van der Waals surface area contributed by atoms with Crippen molar-refractivity contribution in [3.63, 3.8) is 0 Å². The van der Waals surface area contributed by atoms with Gasteiger partial charge in [-0.15, -0.1) is 0 Å². The summed E-state index contributed by atoms with van der Waals surface area (Å²) in [5.74, 6) is 6.02. The zero-order valence-electron chi connectivity index (χ0n) is 14.1. The molecule has 0 saturated heterocycles. The quantitative estimate of drug-likeness (QED) is 0.192. The van der Waals surface area contributed by atoms with Crippen molar-refractivity contribution in [2.24, 2.45) is 15.8 Å². The second-order valence-corrected chi connectivity index (χ2v) is 8.56. The normalized spacial score (nSPS) is 17.0. The molecule has 0 saturated carbocycles. The number of hydrogen-bond acceptors (Lipinski definition) is 8. The van der Waals surface area contributed by atoms with Crippen LogP contribution in [0.4, 0.5) is 5.69 Å². The van der Waals surface area contributed by atoms with Gasteiger partial charge >= 0.3 is 0 Å². The van der Waals surface area contributed by atoms with Gasteiger partial charge in [0.1, 0.15) is 10.6 Å². The van der Waals surface area contributed by atoms with Crippen molar-refractivity contribution in [3.05, 3.63) is 51.0 Å². The molecule has 1 heterocycles. The van der Waals surface area contributed by atoms with E-state index in [0.29, 0.717) is 5.56 Å². The Morgan fingerprint density at radius 2 is 1.72 bits per heavy atom. The third-order valence-corrected chi connectivity index (χ3v) is 5.86. The summed E-state index contributed by atoms with van der Waals surface area (Å²) in [6.07, 6.45) is -1.19. The van der Waals surface area contributed by atoms with E-state index in [-0.39, 0.29) is 37.6 Å². The van der Waals surface area contributed by atoms with E-state index in [1.54, 1.807) is 0 Å². The highest BCUT2D eigenvalue weighted by molar-refractivity contribution is 7.86. The van der Waals surface area contributed by atoms with Crippen LogP contribution in [0, 0.1) is 0 Å². The summed E-state index contributed by atoms with van der Waals surface area (Å²) in [4.78, 5) is 7.79. The minimum absolute atomic E-state index is 0.0477. The van der Waals surface area contributed by atoms with Gasteiger partial charge in [0.05, 0.1) is 20.8 Å². The Morgan fingerprint density at radius 1 is 1.07 bits per heavy atom. The summed E-state index contributed by atoms with van der Waals surface area (Å²) in [7, 11) is -4.48. The van der Waals surface area contributed by atoms with Crippen molar-refractivity contribution in [2.75, 3.05) is 5.73 Å². The molecule has 0 aromatic heterocycles. The number of hydrazine groups is 1. The largest absolute Gasteiger partial charge is 0.447 e. The van der Waals surface area contributed by atoms with E-state index in [1.807, 2.05) is 0 Å². The van der Waals surface area contributed by atoms with Crippen molar-refractivity contribution in [1.82, 2.24) is 5.01 Å². The molecule has 0 aliphatic carbocycles. The molecule has 1 aliphatic heterocycles. The molecule has 29 heavy (non-hydrogen) atoms. The minimum atomic E-state index is -4.48. The Bertz CT molecular complexity index is 1160. The van der Waals surface area contributed by atoms with Crippen LogP contribution < -0.4 is 16.3 Å². The van der Waals surface area contributed by atoms with Crippen molar-refractivity contribution >= 4 is 73.3 Å². The highest BCUT2D eigenvalue weighted by Gasteiger charge is 2.27. The maximum Gasteiger partial charge on any atom is 0.296 e. The summed E-state index contributed by atoms with van der Waals surface area (Å²) in [6, 6.07) is 6.46. The van der Waals surface area contributed by atoms with E-state index in [2.05, 4.69) is 9.98 Å². The van der Waals surface area contributed by atoms with Gasteiger partial charge in [0.2, 0.25) is 5.29 Å². The lowest BCUT2D eigenvalue weighted by atomic mass is 10.2. The van der Waals surface area contributed by atoms with Crippen LogP contribution in [0.25, 0.3) is 0 Å². The van der Waals surface area contributed by atoms with Crippen LogP contribution >= 0.6 is 46.4 Å². The molecular formula is C15H11Cl4N5O4S. The van der Waals surface area contributed by atoms with Crippen molar-refractivity contribution < 1.29 is 17.7 Å². The Hall–Kier alpha value is -1.79. The molecule has 2 aromatic rings. The molecule has 1 aliphatic rings. The van der Waals surface area contributed by atoms with Crippen LogP contribution in [0.2, 0.25) is 15.1 Å². The Labute approximate surface area is 185 Å². The van der Waals surface area contributed by atoms with Gasteiger partial charge in [-0.2, -0.15) is 13.4 Å². The summed E-state index contributed by atoms with van der Waals surface area (Å²) >= 11 is 24.0. The van der Waals surface area contributed by atoms with Crippen LogP contribution in [0.3, 0.4) is 0 Å². The van der Waals surface area contributed by atoms with E-state index in [4.69, 9.17) is 67.3 Å². The van der Waals surface area contributed by atoms with Crippen molar-refractivity contribution in [1.29, 1.82) is 0 Å². The number of nitrogens with zero attached hydrogens (tertiary/aromatic N) is 3. The van der Waals surface area contributed by atoms with Gasteiger partial charge in [0.25, 0.3) is 16.5 Å². The molecule has 2 aromatic carbocycles. The lowest BCUT2D eigenvalue weighted by Crippen LogP contribution is -2.48. The van der Waals surface area contributed by atoms with Gasteiger partial charge in [-0.05, 0) is 35.9 Å². The second-order valence-electron chi connectivity index (χ2n) is 5.61. The zero-order chi connectivity index (χ0) is 21.5. The Kier molecular flexibility index (Phi) is 6.16. The number of nitrogen functional groups attached to an aromatic ring is 1. The number of amidine groups is 2. The number of rotatable bonds is 4. The lowest BCUT2D eigenvalue weighted by molar-refractivity contribution is 0.0860. The number of nitrogens with two attached hydrogens (primary N) is 2. The highest BCUT2D eigenvalue weighted by atomic mass is 35.5. The van der Waals surface area contributed by atoms with E-state index >= 15 is 0 Å². The van der Waals surface area contributed by atoms with Crippen LogP contribution in [-0.2, 0) is 10.1 Å². The second kappa shape index (κ2) is 8.15. The molecule has 1 unspecified atom stereocenters. The maximum atomic E-state index is 11.3. The predicted molar refractivity (Wildman–Crippen MR) is 112 cm³/mol. The molecule has 5 N–H and O–H groups in total. The third kappa shape index (κ3) is 4.69. The molecule has 0 radical (unpaired) electrons. The van der Waals surface area contributed by atoms with Crippen LogP contribution in [0.1, 0.15) is 5.56 Å². The average Bonchev–Trinajstić information content (AvgIpc) is 2.62. The number of aliphatic imine (C=N–C) groups is 2. The first-order valence-corrected chi connectivity index (χ1v) is 10.5. The van der Waals surface area contributed by atoms with E-state index in [0.717, 1.165) is 11.1 Å². The number of anilines is 1. The topological polar surface area (TPSA) is 144 Å². The van der Waals surface area contributed by atoms with Gasteiger partial charge in [0.15, 0.2) is 5.84 Å². The van der Waals surface area contributed by atoms with Crippen molar-refractivity contribution in [3.8, 4) is 5.75 Å². The smallest absolute Gasteiger partial charge is 0.296 e. The SMILES string of the molecule is Nc1cc(C2=NC(Oc3cc(Cl)c(Cl)cc3Cl)N(N)C(Cl)=N2)ccc1S(=O)(=O)O. The first kappa shape index (κ1) is 21.9. The van der Waals surface area contributed by atoms with E-state index in [9.17, 15) is 8.42 Å². The fourth-order valence-electron chi connectivity index (χ4n) is 2.28. The van der Waals surface area contributed by atoms with E-state index in [1.165, 1.54) is 24.3 Å². The molecule has 1 atom stereocenters.